The van der Waals surface area contributed by atoms with E-state index in [-0.39, 0.29) is 24.7 Å². The fourth-order valence-electron chi connectivity index (χ4n) is 3.49. The predicted octanol–water partition coefficient (Wildman–Crippen LogP) is 3.99. The van der Waals surface area contributed by atoms with Crippen LogP contribution in [0.15, 0.2) is 54.6 Å². The van der Waals surface area contributed by atoms with Crippen molar-refractivity contribution < 1.29 is 19.1 Å². The van der Waals surface area contributed by atoms with E-state index in [2.05, 4.69) is 9.97 Å². The maximum Gasteiger partial charge on any atom is 0.376 e. The van der Waals surface area contributed by atoms with Gasteiger partial charge in [0.05, 0.1) is 24.1 Å². The molecule has 0 spiro atoms. The van der Waals surface area contributed by atoms with Crippen LogP contribution in [0.25, 0.3) is 21.9 Å². The van der Waals surface area contributed by atoms with Crippen molar-refractivity contribution in [1.29, 1.82) is 0 Å². The third-order valence-electron chi connectivity index (χ3n) is 4.72. The Labute approximate surface area is 173 Å². The number of aromatic nitrogens is 3. The quantitative estimate of drug-likeness (QED) is 0.453. The molecule has 2 aromatic carbocycles. The first kappa shape index (κ1) is 19.6. The third kappa shape index (κ3) is 3.50. The van der Waals surface area contributed by atoms with Crippen molar-refractivity contribution in [3.63, 3.8) is 0 Å². The van der Waals surface area contributed by atoms with E-state index in [4.69, 9.17) is 9.47 Å². The summed E-state index contributed by atoms with van der Waals surface area (Å²) >= 11 is 0. The number of carbonyl (C=O) groups excluding carboxylic acids is 2. The van der Waals surface area contributed by atoms with Gasteiger partial charge in [-0.05, 0) is 25.5 Å². The van der Waals surface area contributed by atoms with Crippen molar-refractivity contribution in [3.05, 3.63) is 71.7 Å². The lowest BCUT2D eigenvalue weighted by Gasteiger charge is -2.09. The van der Waals surface area contributed by atoms with Gasteiger partial charge in [0.1, 0.15) is 5.65 Å². The summed E-state index contributed by atoms with van der Waals surface area (Å²) in [5, 5.41) is 1.38. The van der Waals surface area contributed by atoms with E-state index < -0.39 is 11.9 Å². The fraction of sp³-hybridized carbons (Fsp3) is 0.217. The number of nitrogens with zero attached hydrogens (tertiary/aromatic N) is 3. The van der Waals surface area contributed by atoms with E-state index in [0.717, 1.165) is 16.5 Å². The molecule has 2 heterocycles. The highest BCUT2D eigenvalue weighted by molar-refractivity contribution is 6.15. The molecule has 0 atom stereocenters. The highest BCUT2D eigenvalue weighted by atomic mass is 16.5. The molecular formula is C23H21N3O4. The molecule has 152 valence electrons. The van der Waals surface area contributed by atoms with Gasteiger partial charge in [0.15, 0.2) is 5.69 Å². The summed E-state index contributed by atoms with van der Waals surface area (Å²) in [6, 6.07) is 17.6. The van der Waals surface area contributed by atoms with Crippen molar-refractivity contribution in [2.75, 3.05) is 13.2 Å². The van der Waals surface area contributed by atoms with Gasteiger partial charge in [0, 0.05) is 11.9 Å². The van der Waals surface area contributed by atoms with E-state index in [1.54, 1.807) is 13.8 Å². The highest BCUT2D eigenvalue weighted by Gasteiger charge is 2.25. The van der Waals surface area contributed by atoms with Gasteiger partial charge in [-0.1, -0.05) is 48.5 Å². The minimum Gasteiger partial charge on any atom is -0.461 e. The molecule has 0 saturated carbocycles. The molecule has 0 aliphatic rings. The smallest absolute Gasteiger partial charge is 0.376 e. The van der Waals surface area contributed by atoms with Crippen LogP contribution in [0.1, 0.15) is 40.5 Å². The molecule has 0 aliphatic carbocycles. The second kappa shape index (κ2) is 8.32. The first-order valence-corrected chi connectivity index (χ1v) is 9.81. The number of ether oxygens (including phenoxy) is 2. The number of rotatable bonds is 6. The van der Waals surface area contributed by atoms with Crippen LogP contribution >= 0.6 is 0 Å². The van der Waals surface area contributed by atoms with Gasteiger partial charge < -0.3 is 14.0 Å². The Morgan fingerprint density at radius 1 is 0.867 bits per heavy atom. The van der Waals surface area contributed by atoms with Gasteiger partial charge in [-0.3, -0.25) is 0 Å². The molecule has 4 aromatic rings. The maximum atomic E-state index is 12.7. The summed E-state index contributed by atoms with van der Waals surface area (Å²) in [7, 11) is 0. The molecule has 0 amide bonds. The number of hydrogen-bond acceptors (Lipinski definition) is 6. The summed E-state index contributed by atoms with van der Waals surface area (Å²) in [6.45, 7) is 4.33. The first-order valence-electron chi connectivity index (χ1n) is 9.81. The van der Waals surface area contributed by atoms with E-state index >= 15 is 0 Å². The maximum absolute atomic E-state index is 12.7. The molecule has 4 rings (SSSR count). The van der Waals surface area contributed by atoms with Gasteiger partial charge in [-0.2, -0.15) is 0 Å². The summed E-state index contributed by atoms with van der Waals surface area (Å²) in [4.78, 5) is 33.9. The Kier molecular flexibility index (Phi) is 5.43. The number of benzene rings is 2. The van der Waals surface area contributed by atoms with Gasteiger partial charge in [-0.25, -0.2) is 19.6 Å². The normalized spacial score (nSPS) is 11.0. The van der Waals surface area contributed by atoms with Crippen molar-refractivity contribution in [2.45, 2.75) is 20.4 Å². The summed E-state index contributed by atoms with van der Waals surface area (Å²) < 4.78 is 12.3. The van der Waals surface area contributed by atoms with Gasteiger partial charge in [0.2, 0.25) is 5.82 Å². The van der Waals surface area contributed by atoms with E-state index in [9.17, 15) is 9.59 Å². The Balaban J connectivity index is 2.03. The van der Waals surface area contributed by atoms with Crippen molar-refractivity contribution in [3.8, 4) is 0 Å². The molecule has 0 bridgehead atoms. The van der Waals surface area contributed by atoms with Crippen molar-refractivity contribution in [2.24, 2.45) is 0 Å². The van der Waals surface area contributed by atoms with E-state index in [0.29, 0.717) is 17.6 Å². The van der Waals surface area contributed by atoms with Crippen LogP contribution in [0.4, 0.5) is 0 Å². The zero-order chi connectivity index (χ0) is 21.1. The Morgan fingerprint density at radius 3 is 2.27 bits per heavy atom. The standard InChI is InChI=1S/C23H21N3O4/c1-3-29-22(27)19-18-16-12-8-9-13-17(16)26(14-15-10-6-5-7-11-15)21(18)25-20(24-19)23(28)30-4-2/h5-13H,3-4,14H2,1-2H3. The fourth-order valence-corrected chi connectivity index (χ4v) is 3.49. The van der Waals surface area contributed by atoms with Crippen LogP contribution < -0.4 is 0 Å². The molecule has 0 unspecified atom stereocenters. The number of fused-ring (bicyclic) bond motifs is 3. The lowest BCUT2D eigenvalue weighted by molar-refractivity contribution is 0.0507. The average molecular weight is 403 g/mol. The molecule has 0 saturated heterocycles. The molecule has 7 heteroatoms. The van der Waals surface area contributed by atoms with Gasteiger partial charge in [0.25, 0.3) is 0 Å². The van der Waals surface area contributed by atoms with Gasteiger partial charge in [-0.15, -0.1) is 0 Å². The first-order chi connectivity index (χ1) is 14.6. The largest absolute Gasteiger partial charge is 0.461 e. The van der Waals surface area contributed by atoms with Crippen molar-refractivity contribution >= 4 is 33.9 Å². The molecular weight excluding hydrogens is 382 g/mol. The summed E-state index contributed by atoms with van der Waals surface area (Å²) in [5.74, 6) is -1.44. The molecule has 2 aromatic heterocycles. The minimum atomic E-state index is -0.679. The Bertz CT molecular complexity index is 1230. The van der Waals surface area contributed by atoms with Crippen LogP contribution in [0.5, 0.6) is 0 Å². The lowest BCUT2D eigenvalue weighted by Crippen LogP contribution is -2.16. The predicted molar refractivity (Wildman–Crippen MR) is 112 cm³/mol. The lowest BCUT2D eigenvalue weighted by atomic mass is 10.1. The minimum absolute atomic E-state index is 0.0629. The molecule has 7 nitrogen and oxygen atoms in total. The van der Waals surface area contributed by atoms with E-state index in [1.807, 2.05) is 59.2 Å². The molecule has 0 aliphatic heterocycles. The zero-order valence-electron chi connectivity index (χ0n) is 16.8. The highest BCUT2D eigenvalue weighted by Crippen LogP contribution is 2.31. The summed E-state index contributed by atoms with van der Waals surface area (Å²) in [6.07, 6.45) is 0. The van der Waals surface area contributed by atoms with E-state index in [1.165, 1.54) is 0 Å². The van der Waals surface area contributed by atoms with Crippen LogP contribution in [0.2, 0.25) is 0 Å². The number of esters is 2. The zero-order valence-corrected chi connectivity index (χ0v) is 16.8. The van der Waals surface area contributed by atoms with Gasteiger partial charge >= 0.3 is 11.9 Å². The second-order valence-corrected chi connectivity index (χ2v) is 6.62. The molecule has 30 heavy (non-hydrogen) atoms. The Morgan fingerprint density at radius 2 is 1.53 bits per heavy atom. The summed E-state index contributed by atoms with van der Waals surface area (Å²) in [5.41, 5.74) is 2.50. The van der Waals surface area contributed by atoms with Crippen molar-refractivity contribution in [1.82, 2.24) is 14.5 Å². The van der Waals surface area contributed by atoms with Crippen LogP contribution in [0.3, 0.4) is 0 Å². The molecule has 0 N–H and O–H groups in total. The molecule has 0 fully saturated rings. The number of hydrogen-bond donors (Lipinski definition) is 0. The number of para-hydroxylation sites is 1. The van der Waals surface area contributed by atoms with Crippen LogP contribution in [-0.4, -0.2) is 39.7 Å². The third-order valence-corrected chi connectivity index (χ3v) is 4.72. The number of carbonyl (C=O) groups is 2. The van der Waals surface area contributed by atoms with Crippen LogP contribution in [0, 0.1) is 0 Å². The SMILES string of the molecule is CCOC(=O)c1nc(C(=O)OCC)c2c3ccccc3n(Cc3ccccc3)c2n1. The molecule has 0 radical (unpaired) electrons. The van der Waals surface area contributed by atoms with Crippen LogP contribution in [-0.2, 0) is 16.0 Å². The average Bonchev–Trinajstić information content (AvgIpc) is 3.08. The second-order valence-electron chi connectivity index (χ2n) is 6.62. The monoisotopic (exact) mass is 403 g/mol. The topological polar surface area (TPSA) is 83.3 Å². The Hall–Kier alpha value is -3.74.